The number of hydrogen-bond donors (Lipinski definition) is 6. The molecule has 7 N–H and O–H groups in total. The predicted molar refractivity (Wildman–Crippen MR) is 136 cm³/mol. The van der Waals surface area contributed by atoms with Crippen molar-refractivity contribution in [1.82, 2.24) is 0 Å². The lowest BCUT2D eigenvalue weighted by Gasteiger charge is -2.40. The number of phenols is 4. The van der Waals surface area contributed by atoms with Gasteiger partial charge in [0.05, 0.1) is 11.4 Å². The number of aldehydes is 1. The van der Waals surface area contributed by atoms with Gasteiger partial charge < -0.3 is 41.0 Å². The van der Waals surface area contributed by atoms with Crippen molar-refractivity contribution in [3.05, 3.63) is 60.7 Å². The second-order valence-electron chi connectivity index (χ2n) is 8.60. The molecule has 4 rings (SSSR count). The van der Waals surface area contributed by atoms with Gasteiger partial charge in [-0.05, 0) is 50.1 Å². The number of unbranched alkanes of at least 4 members (excludes halogenated alkanes) is 1. The number of aromatic hydroxyl groups is 4. The molecule has 4 aromatic rings. The van der Waals surface area contributed by atoms with Crippen molar-refractivity contribution in [1.29, 1.82) is 0 Å². The van der Waals surface area contributed by atoms with Crippen molar-refractivity contribution in [3.63, 3.8) is 0 Å². The fourth-order valence-corrected chi connectivity index (χ4v) is 4.62. The first-order chi connectivity index (χ1) is 17.2. The molecule has 1 atom stereocenters. The van der Waals surface area contributed by atoms with Crippen LogP contribution in [0.5, 0.6) is 23.0 Å². The molecule has 0 radical (unpaired) electrons. The Hall–Kier alpha value is -4.50. The van der Waals surface area contributed by atoms with E-state index in [1.807, 2.05) is 0 Å². The maximum Gasteiger partial charge on any atom is 0.337 e. The average molecular weight is 491 g/mol. The number of carboxylic acids is 1. The Morgan fingerprint density at radius 1 is 0.806 bits per heavy atom. The first-order valence-corrected chi connectivity index (χ1v) is 11.3. The highest BCUT2D eigenvalue weighted by Gasteiger charge is 2.46. The Bertz CT molecular complexity index is 1380. The van der Waals surface area contributed by atoms with Crippen molar-refractivity contribution in [2.75, 3.05) is 11.4 Å². The highest BCUT2D eigenvalue weighted by molar-refractivity contribution is 6.12. The van der Waals surface area contributed by atoms with Crippen LogP contribution in [0.3, 0.4) is 0 Å². The Morgan fingerprint density at radius 3 is 1.72 bits per heavy atom. The predicted octanol–water partition coefficient (Wildman–Crippen LogP) is 4.10. The molecule has 0 heterocycles. The fourth-order valence-electron chi connectivity index (χ4n) is 4.62. The standard InChI is InChI=1S/C27H26N2O7/c28-10-2-1-9-27(15-30,26(35)36)29(22-13-16(31)11-20-18(22)5-3-7-24(20)33)23-14-17(32)12-21-19(23)6-4-8-25(21)34/h3-8,11-15,31-34H,1-2,9-10,28H2,(H,35,36)/t27-/m1/s1. The zero-order valence-electron chi connectivity index (χ0n) is 19.3. The van der Waals surface area contributed by atoms with Crippen LogP contribution in [-0.4, -0.2) is 49.9 Å². The van der Waals surface area contributed by atoms with E-state index in [9.17, 15) is 35.1 Å². The van der Waals surface area contributed by atoms with Crippen molar-refractivity contribution in [3.8, 4) is 23.0 Å². The quantitative estimate of drug-likeness (QED) is 0.115. The third-order valence-electron chi connectivity index (χ3n) is 6.33. The van der Waals surface area contributed by atoms with Gasteiger partial charge in [0.15, 0.2) is 11.8 Å². The first-order valence-electron chi connectivity index (χ1n) is 11.3. The molecule has 0 saturated heterocycles. The van der Waals surface area contributed by atoms with Crippen LogP contribution in [-0.2, 0) is 9.59 Å². The monoisotopic (exact) mass is 490 g/mol. The van der Waals surface area contributed by atoms with Crippen molar-refractivity contribution < 1.29 is 35.1 Å². The molecule has 9 heteroatoms. The molecule has 0 unspecified atom stereocenters. The number of aliphatic carboxylic acids is 1. The van der Waals surface area contributed by atoms with Crippen LogP contribution in [0.25, 0.3) is 21.5 Å². The molecular weight excluding hydrogens is 464 g/mol. The number of phenolic OH excluding ortho intramolecular Hbond substituents is 4. The number of hydrogen-bond acceptors (Lipinski definition) is 8. The number of fused-ring (bicyclic) bond motifs is 2. The number of anilines is 2. The lowest BCUT2D eigenvalue weighted by molar-refractivity contribution is -0.145. The molecule has 0 amide bonds. The van der Waals surface area contributed by atoms with Gasteiger partial charge in [0.25, 0.3) is 0 Å². The first kappa shape index (κ1) is 24.6. The molecule has 9 nitrogen and oxygen atoms in total. The Morgan fingerprint density at radius 2 is 1.31 bits per heavy atom. The summed E-state index contributed by atoms with van der Waals surface area (Å²) in [6.45, 7) is 0.292. The Balaban J connectivity index is 2.17. The van der Waals surface area contributed by atoms with Gasteiger partial charge in [0.2, 0.25) is 0 Å². The normalized spacial score (nSPS) is 12.9. The van der Waals surface area contributed by atoms with Crippen molar-refractivity contribution >= 4 is 45.2 Å². The number of benzene rings is 4. The topological polar surface area (TPSA) is 165 Å². The van der Waals surface area contributed by atoms with Crippen LogP contribution in [0.1, 0.15) is 19.3 Å². The molecule has 0 aromatic heterocycles. The molecule has 0 aliphatic carbocycles. The zero-order chi connectivity index (χ0) is 26.0. The smallest absolute Gasteiger partial charge is 0.337 e. The largest absolute Gasteiger partial charge is 0.508 e. The fraction of sp³-hybridized carbons (Fsp3) is 0.185. The lowest BCUT2D eigenvalue weighted by atomic mass is 9.88. The van der Waals surface area contributed by atoms with Crippen molar-refractivity contribution in [2.24, 2.45) is 5.73 Å². The van der Waals surface area contributed by atoms with E-state index in [1.54, 1.807) is 24.3 Å². The summed E-state index contributed by atoms with van der Waals surface area (Å²) in [5.41, 5.74) is 3.66. The number of rotatable bonds is 9. The van der Waals surface area contributed by atoms with E-state index in [1.165, 1.54) is 41.3 Å². The lowest BCUT2D eigenvalue weighted by Crippen LogP contribution is -2.54. The van der Waals surface area contributed by atoms with Gasteiger partial charge in [-0.3, -0.25) is 0 Å². The summed E-state index contributed by atoms with van der Waals surface area (Å²) in [5, 5.41) is 53.7. The van der Waals surface area contributed by atoms with E-state index < -0.39 is 11.5 Å². The van der Waals surface area contributed by atoms with Gasteiger partial charge in [-0.25, -0.2) is 4.79 Å². The summed E-state index contributed by atoms with van der Waals surface area (Å²) in [6, 6.07) is 14.4. The summed E-state index contributed by atoms with van der Waals surface area (Å²) < 4.78 is 0. The number of nitrogens with two attached hydrogens (primary N) is 1. The second kappa shape index (κ2) is 9.63. The number of carboxylic acid groups (broad SMARTS) is 1. The maximum absolute atomic E-state index is 12.9. The number of carbonyl (C=O) groups is 2. The van der Waals surface area contributed by atoms with E-state index in [0.717, 1.165) is 0 Å². The molecule has 4 aromatic carbocycles. The molecule has 186 valence electrons. The number of nitrogens with zero attached hydrogens (tertiary/aromatic N) is 1. The van der Waals surface area contributed by atoms with Crippen LogP contribution < -0.4 is 10.6 Å². The van der Waals surface area contributed by atoms with E-state index in [-0.39, 0.29) is 51.6 Å². The van der Waals surface area contributed by atoms with E-state index in [0.29, 0.717) is 36.4 Å². The summed E-state index contributed by atoms with van der Waals surface area (Å²) in [4.78, 5) is 26.9. The van der Waals surface area contributed by atoms with Gasteiger partial charge in [-0.2, -0.15) is 0 Å². The van der Waals surface area contributed by atoms with Crippen LogP contribution in [0.4, 0.5) is 11.4 Å². The van der Waals surface area contributed by atoms with Gasteiger partial charge in [0.1, 0.15) is 23.0 Å². The Labute approximate surface area is 206 Å². The van der Waals surface area contributed by atoms with E-state index >= 15 is 0 Å². The van der Waals surface area contributed by atoms with Gasteiger partial charge >= 0.3 is 5.97 Å². The highest BCUT2D eigenvalue weighted by Crippen LogP contribution is 2.47. The summed E-state index contributed by atoms with van der Waals surface area (Å²) in [5.74, 6) is -2.31. The second-order valence-corrected chi connectivity index (χ2v) is 8.60. The summed E-state index contributed by atoms with van der Waals surface area (Å²) in [7, 11) is 0. The maximum atomic E-state index is 12.9. The molecule has 0 saturated carbocycles. The third kappa shape index (κ3) is 4.09. The SMILES string of the molecule is NCCCC[C@@](C=O)(C(=O)O)N(c1cc(O)cc2c(O)cccc12)c1cc(O)cc2c(O)cccc12. The van der Waals surface area contributed by atoms with Crippen LogP contribution in [0.2, 0.25) is 0 Å². The molecule has 36 heavy (non-hydrogen) atoms. The minimum Gasteiger partial charge on any atom is -0.508 e. The van der Waals surface area contributed by atoms with E-state index in [4.69, 9.17) is 5.73 Å². The minimum absolute atomic E-state index is 0.110. The highest BCUT2D eigenvalue weighted by atomic mass is 16.4. The number of carbonyl (C=O) groups excluding carboxylic acids is 1. The molecule has 0 aliphatic heterocycles. The van der Waals surface area contributed by atoms with Crippen LogP contribution in [0.15, 0.2) is 60.7 Å². The van der Waals surface area contributed by atoms with Gasteiger partial charge in [0, 0.05) is 33.7 Å². The van der Waals surface area contributed by atoms with Crippen molar-refractivity contribution in [2.45, 2.75) is 24.8 Å². The van der Waals surface area contributed by atoms with Crippen LogP contribution >= 0.6 is 0 Å². The molecular formula is C27H26N2O7. The average Bonchev–Trinajstić information content (AvgIpc) is 2.84. The zero-order valence-corrected chi connectivity index (χ0v) is 19.3. The van der Waals surface area contributed by atoms with Gasteiger partial charge in [-0.15, -0.1) is 0 Å². The molecule has 0 aliphatic rings. The third-order valence-corrected chi connectivity index (χ3v) is 6.33. The molecule has 0 bridgehead atoms. The molecule has 0 fully saturated rings. The Kier molecular flexibility index (Phi) is 6.59. The summed E-state index contributed by atoms with van der Waals surface area (Å²) >= 11 is 0. The van der Waals surface area contributed by atoms with E-state index in [2.05, 4.69) is 0 Å². The summed E-state index contributed by atoms with van der Waals surface area (Å²) in [6.07, 6.45) is 0.931. The van der Waals surface area contributed by atoms with Gasteiger partial charge in [-0.1, -0.05) is 24.3 Å². The molecule has 0 spiro atoms. The minimum atomic E-state index is -2.19. The van der Waals surface area contributed by atoms with Crippen LogP contribution in [0, 0.1) is 0 Å².